The fourth-order valence-electron chi connectivity index (χ4n) is 3.02. The molecular formula is C20H25N5O2. The van der Waals surface area contributed by atoms with Crippen LogP contribution in [0.2, 0.25) is 0 Å². The number of hydrogen-bond donors (Lipinski definition) is 1. The van der Waals surface area contributed by atoms with Crippen molar-refractivity contribution in [3.8, 4) is 0 Å². The molecule has 0 saturated carbocycles. The lowest BCUT2D eigenvalue weighted by molar-refractivity contribution is -0.116. The van der Waals surface area contributed by atoms with Crippen molar-refractivity contribution in [3.63, 3.8) is 0 Å². The van der Waals surface area contributed by atoms with Crippen molar-refractivity contribution in [2.45, 2.75) is 53.1 Å². The Morgan fingerprint density at radius 3 is 2.67 bits per heavy atom. The van der Waals surface area contributed by atoms with Gasteiger partial charge in [0.05, 0.1) is 28.5 Å². The van der Waals surface area contributed by atoms with Gasteiger partial charge in [-0.05, 0) is 46.2 Å². The summed E-state index contributed by atoms with van der Waals surface area (Å²) in [5.74, 6) is 0.487. The second-order valence-corrected chi connectivity index (χ2v) is 7.77. The number of carbonyl (C=O) groups excluding carboxylic acids is 1. The monoisotopic (exact) mass is 367 g/mol. The van der Waals surface area contributed by atoms with Gasteiger partial charge in [-0.3, -0.25) is 14.2 Å². The van der Waals surface area contributed by atoms with Gasteiger partial charge in [-0.1, -0.05) is 12.1 Å². The number of benzene rings is 1. The Bertz CT molecular complexity index is 1060. The molecule has 2 aromatic heterocycles. The van der Waals surface area contributed by atoms with Crippen molar-refractivity contribution in [2.75, 3.05) is 5.32 Å². The van der Waals surface area contributed by atoms with Gasteiger partial charge in [0, 0.05) is 19.0 Å². The van der Waals surface area contributed by atoms with E-state index in [1.165, 1.54) is 10.9 Å². The number of fused-ring (bicyclic) bond motifs is 1. The molecule has 0 bridgehead atoms. The minimum absolute atomic E-state index is 0.132. The molecule has 1 amide bonds. The second-order valence-electron chi connectivity index (χ2n) is 7.77. The van der Waals surface area contributed by atoms with Gasteiger partial charge in [0.15, 0.2) is 0 Å². The Hall–Kier alpha value is -2.96. The molecule has 0 fully saturated rings. The predicted octanol–water partition coefficient (Wildman–Crippen LogP) is 2.99. The van der Waals surface area contributed by atoms with Crippen LogP contribution in [-0.4, -0.2) is 25.2 Å². The number of aromatic nitrogens is 4. The van der Waals surface area contributed by atoms with Gasteiger partial charge in [-0.2, -0.15) is 5.10 Å². The highest BCUT2D eigenvalue weighted by molar-refractivity contribution is 5.90. The van der Waals surface area contributed by atoms with E-state index in [2.05, 4.69) is 15.4 Å². The lowest BCUT2D eigenvalue weighted by Crippen LogP contribution is -2.28. The number of hydrogen-bond acceptors (Lipinski definition) is 4. The van der Waals surface area contributed by atoms with Gasteiger partial charge in [-0.15, -0.1) is 0 Å². The van der Waals surface area contributed by atoms with Gasteiger partial charge in [0.2, 0.25) is 5.91 Å². The van der Waals surface area contributed by atoms with Crippen molar-refractivity contribution in [1.82, 2.24) is 19.3 Å². The fraction of sp³-hybridized carbons (Fsp3) is 0.400. The Kier molecular flexibility index (Phi) is 4.87. The Labute approximate surface area is 158 Å². The highest BCUT2D eigenvalue weighted by Gasteiger charge is 2.20. The molecule has 0 atom stereocenters. The predicted molar refractivity (Wildman–Crippen MR) is 106 cm³/mol. The highest BCUT2D eigenvalue weighted by Crippen LogP contribution is 2.21. The number of nitrogens with one attached hydrogen (secondary N) is 1. The van der Waals surface area contributed by atoms with Crippen molar-refractivity contribution >= 4 is 22.6 Å². The van der Waals surface area contributed by atoms with Crippen molar-refractivity contribution in [1.29, 1.82) is 0 Å². The van der Waals surface area contributed by atoms with E-state index in [-0.39, 0.29) is 30.0 Å². The smallest absolute Gasteiger partial charge is 0.261 e. The molecule has 2 heterocycles. The summed E-state index contributed by atoms with van der Waals surface area (Å²) in [6.45, 7) is 10.2. The Balaban J connectivity index is 1.75. The van der Waals surface area contributed by atoms with Crippen molar-refractivity contribution in [2.24, 2.45) is 0 Å². The zero-order chi connectivity index (χ0) is 19.8. The first-order chi connectivity index (χ1) is 12.7. The maximum absolute atomic E-state index is 12.6. The average molecular weight is 367 g/mol. The molecule has 0 aliphatic heterocycles. The van der Waals surface area contributed by atoms with Gasteiger partial charge in [-0.25, -0.2) is 9.67 Å². The number of para-hydroxylation sites is 1. The van der Waals surface area contributed by atoms with E-state index >= 15 is 0 Å². The second kappa shape index (κ2) is 6.98. The molecular weight excluding hydrogens is 342 g/mol. The van der Waals surface area contributed by atoms with Crippen molar-refractivity contribution < 1.29 is 4.79 Å². The third-order valence-electron chi connectivity index (χ3n) is 4.37. The van der Waals surface area contributed by atoms with E-state index in [9.17, 15) is 9.59 Å². The molecule has 3 rings (SSSR count). The number of rotatable bonds is 4. The van der Waals surface area contributed by atoms with Crippen LogP contribution in [0.15, 0.2) is 35.4 Å². The minimum atomic E-state index is -0.242. The van der Waals surface area contributed by atoms with Crippen molar-refractivity contribution in [3.05, 3.63) is 52.2 Å². The molecule has 0 radical (unpaired) electrons. The summed E-state index contributed by atoms with van der Waals surface area (Å²) in [7, 11) is 0. The Morgan fingerprint density at radius 2 is 1.96 bits per heavy atom. The molecule has 0 aliphatic rings. The lowest BCUT2D eigenvalue weighted by Gasteiger charge is -2.22. The minimum Gasteiger partial charge on any atom is -0.311 e. The molecule has 7 nitrogen and oxygen atoms in total. The molecule has 0 saturated heterocycles. The number of anilines is 1. The zero-order valence-corrected chi connectivity index (χ0v) is 16.4. The van der Waals surface area contributed by atoms with E-state index in [0.29, 0.717) is 16.7 Å². The number of amides is 1. The first kappa shape index (κ1) is 18.8. The highest BCUT2D eigenvalue weighted by atomic mass is 16.2. The first-order valence-electron chi connectivity index (χ1n) is 8.98. The number of nitrogens with zero attached hydrogens (tertiary/aromatic N) is 4. The van der Waals surface area contributed by atoms with Crippen LogP contribution in [0.3, 0.4) is 0 Å². The topological polar surface area (TPSA) is 81.8 Å². The molecule has 1 N–H and O–H groups in total. The van der Waals surface area contributed by atoms with Crippen LogP contribution in [0, 0.1) is 13.8 Å². The van der Waals surface area contributed by atoms with Crippen LogP contribution < -0.4 is 10.9 Å². The molecule has 1 aromatic carbocycles. The third kappa shape index (κ3) is 3.92. The number of carbonyl (C=O) groups is 1. The molecule has 0 aliphatic carbocycles. The van der Waals surface area contributed by atoms with Gasteiger partial charge in [0.25, 0.3) is 5.56 Å². The van der Waals surface area contributed by atoms with Gasteiger partial charge < -0.3 is 5.32 Å². The molecule has 0 spiro atoms. The van der Waals surface area contributed by atoms with Crippen LogP contribution in [-0.2, 0) is 16.9 Å². The summed E-state index contributed by atoms with van der Waals surface area (Å²) in [5, 5.41) is 7.91. The normalized spacial score (nSPS) is 11.7. The molecule has 3 aromatic rings. The SMILES string of the molecule is Cc1cc(NC(=O)CCn2cnc3c(C)cccc3c2=O)n(C(C)(C)C)n1. The largest absolute Gasteiger partial charge is 0.311 e. The van der Waals surface area contributed by atoms with Gasteiger partial charge >= 0.3 is 0 Å². The molecule has 7 heteroatoms. The first-order valence-corrected chi connectivity index (χ1v) is 8.98. The lowest BCUT2D eigenvalue weighted by atomic mass is 10.1. The Morgan fingerprint density at radius 1 is 1.22 bits per heavy atom. The molecule has 0 unspecified atom stereocenters. The zero-order valence-electron chi connectivity index (χ0n) is 16.4. The van der Waals surface area contributed by atoms with E-state index in [1.807, 2.05) is 52.8 Å². The van der Waals surface area contributed by atoms with Gasteiger partial charge in [0.1, 0.15) is 5.82 Å². The third-order valence-corrected chi connectivity index (χ3v) is 4.37. The van der Waals surface area contributed by atoms with Crippen LogP contribution in [0.4, 0.5) is 5.82 Å². The quantitative estimate of drug-likeness (QED) is 0.768. The summed E-state index contributed by atoms with van der Waals surface area (Å²) < 4.78 is 3.28. The summed E-state index contributed by atoms with van der Waals surface area (Å²) in [6.07, 6.45) is 1.68. The van der Waals surface area contributed by atoms with E-state index in [4.69, 9.17) is 0 Å². The maximum Gasteiger partial charge on any atom is 0.261 e. The summed E-state index contributed by atoms with van der Waals surface area (Å²) in [5.41, 5.74) is 2.12. The van der Waals surface area contributed by atoms with E-state index in [1.54, 1.807) is 10.7 Å². The standard InChI is InChI=1S/C20H25N5O2/c1-13-7-6-8-15-18(13)21-12-24(19(15)27)10-9-17(26)22-16-11-14(2)23-25(16)20(3,4)5/h6-8,11-12H,9-10H2,1-5H3,(H,22,26). The van der Waals surface area contributed by atoms with E-state index in [0.717, 1.165) is 11.3 Å². The summed E-state index contributed by atoms with van der Waals surface area (Å²) in [4.78, 5) is 29.4. The van der Waals surface area contributed by atoms with Crippen LogP contribution in [0.25, 0.3) is 10.9 Å². The number of aryl methyl sites for hydroxylation is 3. The average Bonchev–Trinajstić information content (AvgIpc) is 2.95. The van der Waals surface area contributed by atoms with E-state index < -0.39 is 0 Å². The summed E-state index contributed by atoms with van der Waals surface area (Å²) in [6, 6.07) is 7.37. The van der Waals surface area contributed by atoms with Crippen LogP contribution >= 0.6 is 0 Å². The molecule has 142 valence electrons. The molecule has 27 heavy (non-hydrogen) atoms. The fourth-order valence-corrected chi connectivity index (χ4v) is 3.02. The summed E-state index contributed by atoms with van der Waals surface area (Å²) >= 11 is 0. The van der Waals surface area contributed by atoms with Crippen LogP contribution in [0.1, 0.15) is 38.4 Å². The maximum atomic E-state index is 12.6. The van der Waals surface area contributed by atoms with Crippen LogP contribution in [0.5, 0.6) is 0 Å².